The lowest BCUT2D eigenvalue weighted by Gasteiger charge is -2.27. The highest BCUT2D eigenvalue weighted by Gasteiger charge is 2.47. The number of nitrogens with zero attached hydrogens (tertiary/aromatic N) is 1. The lowest BCUT2D eigenvalue weighted by molar-refractivity contribution is -0.140. The molecule has 2 saturated heterocycles. The Morgan fingerprint density at radius 1 is 1.16 bits per heavy atom. The van der Waals surface area contributed by atoms with Gasteiger partial charge in [-0.2, -0.15) is 0 Å². The number of hydrogen-bond donors (Lipinski definition) is 2. The monoisotopic (exact) mass is 437 g/mol. The van der Waals surface area contributed by atoms with E-state index in [1.807, 2.05) is 13.8 Å². The number of rotatable bonds is 5. The Balaban J connectivity index is 1.86. The number of benzene rings is 2. The number of aryl methyl sites for hydroxylation is 2. The summed E-state index contributed by atoms with van der Waals surface area (Å²) in [6, 6.07) is 9.10. The largest absolute Gasteiger partial charge is 0.508 e. The molecule has 0 aromatic heterocycles. The zero-order valence-electron chi connectivity index (χ0n) is 18.4. The number of likely N-dealkylation sites (tertiary alicyclic amines) is 1. The van der Waals surface area contributed by atoms with Gasteiger partial charge < -0.3 is 24.6 Å². The van der Waals surface area contributed by atoms with Gasteiger partial charge in [0, 0.05) is 18.7 Å². The van der Waals surface area contributed by atoms with Crippen molar-refractivity contribution in [2.24, 2.45) is 0 Å². The zero-order valence-corrected chi connectivity index (χ0v) is 18.4. The second kappa shape index (κ2) is 8.67. The van der Waals surface area contributed by atoms with Crippen molar-refractivity contribution in [3.8, 4) is 11.5 Å². The number of carbonyl (C=O) groups excluding carboxylic acids is 2. The van der Waals surface area contributed by atoms with Gasteiger partial charge in [0.2, 0.25) is 0 Å². The first kappa shape index (κ1) is 21.9. The molecule has 32 heavy (non-hydrogen) atoms. The van der Waals surface area contributed by atoms with Crippen LogP contribution in [-0.4, -0.2) is 53.2 Å². The van der Waals surface area contributed by atoms with Crippen LogP contribution in [0.25, 0.3) is 5.76 Å². The Morgan fingerprint density at radius 2 is 1.88 bits per heavy atom. The quantitative estimate of drug-likeness (QED) is 0.421. The van der Waals surface area contributed by atoms with Gasteiger partial charge in [0.1, 0.15) is 17.3 Å². The van der Waals surface area contributed by atoms with Gasteiger partial charge in [-0.15, -0.1) is 0 Å². The number of phenolic OH excluding ortho intramolecular Hbond substituents is 1. The molecule has 2 heterocycles. The van der Waals surface area contributed by atoms with Crippen molar-refractivity contribution in [1.82, 2.24) is 4.90 Å². The van der Waals surface area contributed by atoms with Gasteiger partial charge in [-0.3, -0.25) is 9.59 Å². The summed E-state index contributed by atoms with van der Waals surface area (Å²) in [5, 5.41) is 21.0. The highest BCUT2D eigenvalue weighted by atomic mass is 16.5. The van der Waals surface area contributed by atoms with Crippen LogP contribution in [0.2, 0.25) is 0 Å². The summed E-state index contributed by atoms with van der Waals surface area (Å²) in [5.41, 5.74) is 2.66. The first-order chi connectivity index (χ1) is 15.3. The van der Waals surface area contributed by atoms with Gasteiger partial charge in [-0.1, -0.05) is 12.1 Å². The molecule has 2 fully saturated rings. The second-order valence-electron chi connectivity index (χ2n) is 8.31. The number of methoxy groups -OCH3 is 1. The van der Waals surface area contributed by atoms with Crippen molar-refractivity contribution in [2.45, 2.75) is 38.8 Å². The van der Waals surface area contributed by atoms with Gasteiger partial charge >= 0.3 is 0 Å². The average Bonchev–Trinajstić information content (AvgIpc) is 3.37. The fourth-order valence-corrected chi connectivity index (χ4v) is 4.49. The number of aliphatic hydroxyl groups is 1. The maximum atomic E-state index is 13.2. The normalized spacial score (nSPS) is 22.5. The van der Waals surface area contributed by atoms with Crippen molar-refractivity contribution in [3.63, 3.8) is 0 Å². The molecule has 2 aromatic carbocycles. The number of Topliss-reactive ketones (excluding diaryl/α,β-unsaturated/α-hetero) is 1. The highest BCUT2D eigenvalue weighted by Crippen LogP contribution is 2.41. The van der Waals surface area contributed by atoms with Crippen LogP contribution in [0.3, 0.4) is 0 Å². The fraction of sp³-hybridized carbons (Fsp3) is 0.360. The molecule has 0 spiro atoms. The molecule has 2 N–H and O–H groups in total. The topological polar surface area (TPSA) is 96.3 Å². The number of phenols is 1. The molecule has 7 nitrogen and oxygen atoms in total. The molecule has 7 heteroatoms. The first-order valence-electron chi connectivity index (χ1n) is 10.7. The molecule has 2 atom stereocenters. The number of hydrogen-bond acceptors (Lipinski definition) is 6. The number of ketones is 1. The predicted molar refractivity (Wildman–Crippen MR) is 119 cm³/mol. The van der Waals surface area contributed by atoms with E-state index < -0.39 is 17.7 Å². The summed E-state index contributed by atoms with van der Waals surface area (Å²) >= 11 is 0. The maximum Gasteiger partial charge on any atom is 0.295 e. The number of aromatic hydroxyl groups is 1. The van der Waals surface area contributed by atoms with Gasteiger partial charge in [-0.05, 0) is 67.6 Å². The van der Waals surface area contributed by atoms with E-state index in [1.165, 1.54) is 17.0 Å². The van der Waals surface area contributed by atoms with Gasteiger partial charge in [-0.25, -0.2) is 0 Å². The van der Waals surface area contributed by atoms with Crippen molar-refractivity contribution < 1.29 is 29.3 Å². The van der Waals surface area contributed by atoms with Crippen LogP contribution in [0.1, 0.15) is 41.1 Å². The summed E-state index contributed by atoms with van der Waals surface area (Å²) in [6.07, 6.45) is 1.56. The van der Waals surface area contributed by atoms with Crippen LogP contribution in [0.4, 0.5) is 0 Å². The standard InChI is InChI=1S/C25H27NO6/c1-14-12-20(31-3)15(2)11-19(14)23(28)21-22(16-6-8-17(27)9-7-16)26(25(30)24(21)29)13-18-5-4-10-32-18/h6-9,11-12,18,22,27-28H,4-5,10,13H2,1-3H3/b23-21+. The Kier molecular flexibility index (Phi) is 5.93. The highest BCUT2D eigenvalue weighted by molar-refractivity contribution is 6.46. The number of carbonyl (C=O) groups is 2. The molecule has 0 radical (unpaired) electrons. The third-order valence-corrected chi connectivity index (χ3v) is 6.17. The summed E-state index contributed by atoms with van der Waals surface area (Å²) < 4.78 is 11.1. The molecule has 0 saturated carbocycles. The number of amides is 1. The van der Waals surface area contributed by atoms with E-state index in [2.05, 4.69) is 0 Å². The molecule has 168 valence electrons. The molecule has 0 aliphatic carbocycles. The lowest BCUT2D eigenvalue weighted by atomic mass is 9.93. The van der Waals surface area contributed by atoms with Crippen LogP contribution >= 0.6 is 0 Å². The summed E-state index contributed by atoms with van der Waals surface area (Å²) in [7, 11) is 1.57. The molecule has 2 aliphatic rings. The van der Waals surface area contributed by atoms with E-state index in [0.29, 0.717) is 23.5 Å². The minimum Gasteiger partial charge on any atom is -0.508 e. The van der Waals surface area contributed by atoms with E-state index >= 15 is 0 Å². The van der Waals surface area contributed by atoms with Gasteiger partial charge in [0.05, 0.1) is 24.8 Å². The molecule has 2 aliphatic heterocycles. The molecule has 1 amide bonds. The average molecular weight is 437 g/mol. The lowest BCUT2D eigenvalue weighted by Crippen LogP contribution is -2.36. The predicted octanol–water partition coefficient (Wildman–Crippen LogP) is 3.62. The first-order valence-corrected chi connectivity index (χ1v) is 10.7. The Hall–Kier alpha value is -3.32. The smallest absolute Gasteiger partial charge is 0.295 e. The second-order valence-corrected chi connectivity index (χ2v) is 8.31. The van der Waals surface area contributed by atoms with E-state index in [4.69, 9.17) is 9.47 Å². The Bertz CT molecular complexity index is 1080. The van der Waals surface area contributed by atoms with Crippen molar-refractivity contribution >= 4 is 17.4 Å². The molecule has 2 unspecified atom stereocenters. The van der Waals surface area contributed by atoms with Crippen molar-refractivity contribution in [2.75, 3.05) is 20.3 Å². The van der Waals surface area contributed by atoms with Crippen LogP contribution in [0.5, 0.6) is 11.5 Å². The van der Waals surface area contributed by atoms with Crippen LogP contribution in [-0.2, 0) is 14.3 Å². The van der Waals surface area contributed by atoms with Crippen LogP contribution in [0.15, 0.2) is 42.0 Å². The van der Waals surface area contributed by atoms with Crippen LogP contribution < -0.4 is 4.74 Å². The minimum absolute atomic E-state index is 0.0337. The van der Waals surface area contributed by atoms with Gasteiger partial charge in [0.15, 0.2) is 0 Å². The third kappa shape index (κ3) is 3.84. The van der Waals surface area contributed by atoms with Crippen molar-refractivity contribution in [1.29, 1.82) is 0 Å². The fourth-order valence-electron chi connectivity index (χ4n) is 4.49. The summed E-state index contributed by atoms with van der Waals surface area (Å²) in [4.78, 5) is 27.7. The molecule has 4 rings (SSSR count). The minimum atomic E-state index is -0.776. The number of aliphatic hydroxyl groups excluding tert-OH is 1. The van der Waals surface area contributed by atoms with E-state index in [9.17, 15) is 19.8 Å². The summed E-state index contributed by atoms with van der Waals surface area (Å²) in [5.74, 6) is -0.867. The van der Waals surface area contributed by atoms with E-state index in [-0.39, 0.29) is 29.7 Å². The maximum absolute atomic E-state index is 13.2. The van der Waals surface area contributed by atoms with E-state index in [1.54, 1.807) is 31.4 Å². The number of ether oxygens (including phenoxy) is 2. The Labute approximate surface area is 186 Å². The summed E-state index contributed by atoms with van der Waals surface area (Å²) in [6.45, 7) is 4.55. The van der Waals surface area contributed by atoms with E-state index in [0.717, 1.165) is 24.0 Å². The van der Waals surface area contributed by atoms with Crippen molar-refractivity contribution in [3.05, 3.63) is 64.2 Å². The zero-order chi connectivity index (χ0) is 23.0. The molecule has 0 bridgehead atoms. The third-order valence-electron chi connectivity index (χ3n) is 6.17. The van der Waals surface area contributed by atoms with Crippen LogP contribution in [0, 0.1) is 13.8 Å². The molecular weight excluding hydrogens is 410 g/mol. The molecule has 2 aromatic rings. The SMILES string of the molecule is COc1cc(C)c(/C(O)=C2\C(=O)C(=O)N(CC3CCCO3)C2c2ccc(O)cc2)cc1C. The van der Waals surface area contributed by atoms with Gasteiger partial charge in [0.25, 0.3) is 11.7 Å². The Morgan fingerprint density at radius 3 is 2.50 bits per heavy atom. The molecular formula is C25H27NO6.